The van der Waals surface area contributed by atoms with Crippen molar-refractivity contribution in [3.8, 4) is 5.75 Å². The molecule has 1 aromatic carbocycles. The molecule has 18 heavy (non-hydrogen) atoms. The van der Waals surface area contributed by atoms with E-state index in [-0.39, 0.29) is 0 Å². The molecule has 3 nitrogen and oxygen atoms in total. The fourth-order valence-corrected chi connectivity index (χ4v) is 2.55. The lowest BCUT2D eigenvalue weighted by atomic mass is 10.1. The van der Waals surface area contributed by atoms with Crippen LogP contribution in [-0.4, -0.2) is 32.8 Å². The van der Waals surface area contributed by atoms with Gasteiger partial charge in [-0.15, -0.1) is 0 Å². The summed E-state index contributed by atoms with van der Waals surface area (Å²) in [6.45, 7) is 7.76. The van der Waals surface area contributed by atoms with E-state index < -0.39 is 0 Å². The Morgan fingerprint density at radius 1 is 1.44 bits per heavy atom. The molecule has 1 N–H and O–H groups in total. The van der Waals surface area contributed by atoms with E-state index in [1.165, 1.54) is 24.1 Å². The number of nitrogens with one attached hydrogen (secondary N) is 1. The molecule has 100 valence electrons. The fraction of sp³-hybridized carbons (Fsp3) is 0.600. The standard InChI is InChI=1S/C15H24N2O/c1-4-13-11-17(9-5-8-16-13)15-10-14(18-3)7-6-12(15)2/h6-7,10,13,16H,4-5,8-9,11H2,1-3H3. The van der Waals surface area contributed by atoms with E-state index in [0.717, 1.165) is 25.4 Å². The van der Waals surface area contributed by atoms with Crippen molar-refractivity contribution in [3.63, 3.8) is 0 Å². The second-order valence-corrected chi connectivity index (χ2v) is 5.01. The van der Waals surface area contributed by atoms with Gasteiger partial charge in [0.25, 0.3) is 0 Å². The van der Waals surface area contributed by atoms with E-state index in [9.17, 15) is 0 Å². The number of ether oxygens (including phenoxy) is 1. The highest BCUT2D eigenvalue weighted by molar-refractivity contribution is 5.57. The molecule has 3 heteroatoms. The summed E-state index contributed by atoms with van der Waals surface area (Å²) in [4.78, 5) is 2.49. The van der Waals surface area contributed by atoms with Crippen LogP contribution in [0.25, 0.3) is 0 Å². The highest BCUT2D eigenvalue weighted by Crippen LogP contribution is 2.26. The molecule has 0 spiro atoms. The Kier molecular flexibility index (Phi) is 4.48. The van der Waals surface area contributed by atoms with Gasteiger partial charge >= 0.3 is 0 Å². The summed E-state index contributed by atoms with van der Waals surface area (Å²) >= 11 is 0. The van der Waals surface area contributed by atoms with Gasteiger partial charge in [-0.05, 0) is 37.9 Å². The molecule has 1 aromatic rings. The third-order valence-corrected chi connectivity index (χ3v) is 3.73. The number of methoxy groups -OCH3 is 1. The number of rotatable bonds is 3. The number of nitrogens with zero attached hydrogens (tertiary/aromatic N) is 1. The quantitative estimate of drug-likeness (QED) is 0.890. The molecule has 1 unspecified atom stereocenters. The smallest absolute Gasteiger partial charge is 0.120 e. The van der Waals surface area contributed by atoms with E-state index in [1.54, 1.807) is 7.11 Å². The second kappa shape index (κ2) is 6.10. The molecule has 1 aliphatic rings. The van der Waals surface area contributed by atoms with Gasteiger partial charge in [-0.3, -0.25) is 0 Å². The van der Waals surface area contributed by atoms with Crippen LogP contribution in [0, 0.1) is 6.92 Å². The van der Waals surface area contributed by atoms with Crippen molar-refractivity contribution in [2.45, 2.75) is 32.7 Å². The lowest BCUT2D eigenvalue weighted by Gasteiger charge is -2.27. The first-order valence-corrected chi connectivity index (χ1v) is 6.87. The Morgan fingerprint density at radius 3 is 3.00 bits per heavy atom. The van der Waals surface area contributed by atoms with Crippen molar-refractivity contribution in [3.05, 3.63) is 23.8 Å². The Labute approximate surface area is 110 Å². The number of hydrogen-bond acceptors (Lipinski definition) is 3. The van der Waals surface area contributed by atoms with Gasteiger partial charge in [-0.25, -0.2) is 0 Å². The molecule has 0 aliphatic carbocycles. The van der Waals surface area contributed by atoms with Gasteiger partial charge in [0, 0.05) is 30.9 Å². The first-order valence-electron chi connectivity index (χ1n) is 6.87. The van der Waals surface area contributed by atoms with E-state index in [1.807, 2.05) is 6.07 Å². The van der Waals surface area contributed by atoms with E-state index in [4.69, 9.17) is 4.74 Å². The van der Waals surface area contributed by atoms with Gasteiger partial charge in [0.15, 0.2) is 0 Å². The molecule has 0 amide bonds. The molecule has 1 atom stereocenters. The van der Waals surface area contributed by atoms with Crippen molar-refractivity contribution >= 4 is 5.69 Å². The molecule has 2 rings (SSSR count). The normalized spacial score (nSPS) is 20.6. The van der Waals surface area contributed by atoms with Crippen LogP contribution in [0.3, 0.4) is 0 Å². The second-order valence-electron chi connectivity index (χ2n) is 5.01. The first kappa shape index (κ1) is 13.2. The lowest BCUT2D eigenvalue weighted by molar-refractivity contribution is 0.414. The maximum absolute atomic E-state index is 5.34. The summed E-state index contributed by atoms with van der Waals surface area (Å²) in [5.41, 5.74) is 2.64. The predicted molar refractivity (Wildman–Crippen MR) is 76.6 cm³/mol. The Balaban J connectivity index is 2.22. The van der Waals surface area contributed by atoms with Crippen molar-refractivity contribution in [2.24, 2.45) is 0 Å². The van der Waals surface area contributed by atoms with E-state index in [2.05, 4.69) is 36.2 Å². The predicted octanol–water partition coefficient (Wildman–Crippen LogP) is 2.58. The van der Waals surface area contributed by atoms with Gasteiger partial charge in [0.2, 0.25) is 0 Å². The maximum atomic E-state index is 5.34. The molecule has 0 radical (unpaired) electrons. The molecular formula is C15H24N2O. The average Bonchev–Trinajstić information content (AvgIpc) is 2.64. The zero-order valence-electron chi connectivity index (χ0n) is 11.7. The van der Waals surface area contributed by atoms with Crippen LogP contribution in [0.2, 0.25) is 0 Å². The van der Waals surface area contributed by atoms with Crippen LogP contribution in [0.4, 0.5) is 5.69 Å². The number of benzene rings is 1. The summed E-state index contributed by atoms with van der Waals surface area (Å²) in [5, 5.41) is 3.61. The van der Waals surface area contributed by atoms with Gasteiger partial charge < -0.3 is 15.0 Å². The number of aryl methyl sites for hydroxylation is 1. The van der Waals surface area contributed by atoms with Gasteiger partial charge in [0.05, 0.1) is 7.11 Å². The molecule has 0 aromatic heterocycles. The fourth-order valence-electron chi connectivity index (χ4n) is 2.55. The number of hydrogen-bond donors (Lipinski definition) is 1. The van der Waals surface area contributed by atoms with Gasteiger partial charge in [0.1, 0.15) is 5.75 Å². The van der Waals surface area contributed by atoms with Gasteiger partial charge in [-0.1, -0.05) is 13.0 Å². The zero-order valence-corrected chi connectivity index (χ0v) is 11.7. The highest BCUT2D eigenvalue weighted by Gasteiger charge is 2.18. The summed E-state index contributed by atoms with van der Waals surface area (Å²) in [5.74, 6) is 0.945. The Hall–Kier alpha value is -1.22. The van der Waals surface area contributed by atoms with E-state index >= 15 is 0 Å². The average molecular weight is 248 g/mol. The summed E-state index contributed by atoms with van der Waals surface area (Å²) in [6, 6.07) is 6.94. The largest absolute Gasteiger partial charge is 0.497 e. The molecule has 1 aliphatic heterocycles. The van der Waals surface area contributed by atoms with Gasteiger partial charge in [-0.2, -0.15) is 0 Å². The third-order valence-electron chi connectivity index (χ3n) is 3.73. The van der Waals surface area contributed by atoms with E-state index in [0.29, 0.717) is 6.04 Å². The molecule has 0 bridgehead atoms. The lowest BCUT2D eigenvalue weighted by Crippen LogP contribution is -2.37. The van der Waals surface area contributed by atoms with Crippen LogP contribution >= 0.6 is 0 Å². The van der Waals surface area contributed by atoms with Crippen LogP contribution in [0.5, 0.6) is 5.75 Å². The molecule has 1 fully saturated rings. The van der Waals surface area contributed by atoms with Crippen molar-refractivity contribution in [1.29, 1.82) is 0 Å². The molecule has 1 saturated heterocycles. The Bertz CT molecular complexity index is 392. The molecular weight excluding hydrogens is 224 g/mol. The summed E-state index contributed by atoms with van der Waals surface area (Å²) < 4.78 is 5.34. The monoisotopic (exact) mass is 248 g/mol. The first-order chi connectivity index (χ1) is 8.74. The SMILES string of the molecule is CCC1CN(c2cc(OC)ccc2C)CCCN1. The van der Waals surface area contributed by atoms with Crippen molar-refractivity contribution in [2.75, 3.05) is 31.6 Å². The highest BCUT2D eigenvalue weighted by atomic mass is 16.5. The van der Waals surface area contributed by atoms with Crippen LogP contribution in [0.15, 0.2) is 18.2 Å². The summed E-state index contributed by atoms with van der Waals surface area (Å²) in [7, 11) is 1.73. The van der Waals surface area contributed by atoms with Crippen LogP contribution in [0.1, 0.15) is 25.3 Å². The summed E-state index contributed by atoms with van der Waals surface area (Å²) in [6.07, 6.45) is 2.38. The number of anilines is 1. The third kappa shape index (κ3) is 2.96. The topological polar surface area (TPSA) is 24.5 Å². The minimum absolute atomic E-state index is 0.595. The van der Waals surface area contributed by atoms with Crippen molar-refractivity contribution in [1.82, 2.24) is 5.32 Å². The minimum atomic E-state index is 0.595. The van der Waals surface area contributed by atoms with Crippen LogP contribution < -0.4 is 15.0 Å². The van der Waals surface area contributed by atoms with Crippen molar-refractivity contribution < 1.29 is 4.74 Å². The zero-order chi connectivity index (χ0) is 13.0. The molecule has 0 saturated carbocycles. The Morgan fingerprint density at radius 2 is 2.28 bits per heavy atom. The maximum Gasteiger partial charge on any atom is 0.120 e. The van der Waals surface area contributed by atoms with Crippen LogP contribution in [-0.2, 0) is 0 Å². The molecule has 1 heterocycles. The minimum Gasteiger partial charge on any atom is -0.497 e.